The lowest BCUT2D eigenvalue weighted by atomic mass is 10.0. The van der Waals surface area contributed by atoms with Gasteiger partial charge in [0.1, 0.15) is 5.82 Å². The second-order valence-corrected chi connectivity index (χ2v) is 10.3. The first-order chi connectivity index (χ1) is 15.8. The van der Waals surface area contributed by atoms with Crippen LogP contribution >= 0.6 is 0 Å². The van der Waals surface area contributed by atoms with E-state index < -0.39 is 45.5 Å². The van der Waals surface area contributed by atoms with E-state index in [1.807, 2.05) is 0 Å². The van der Waals surface area contributed by atoms with E-state index in [1.54, 1.807) is 19.9 Å². The Balaban J connectivity index is 1.83. The van der Waals surface area contributed by atoms with Gasteiger partial charge in [0.2, 0.25) is 10.0 Å². The van der Waals surface area contributed by atoms with Gasteiger partial charge < -0.3 is 10.0 Å². The number of aryl methyl sites for hydroxylation is 1. The molecule has 0 radical (unpaired) electrons. The summed E-state index contributed by atoms with van der Waals surface area (Å²) in [6.07, 6.45) is -3.83. The molecule has 1 aliphatic carbocycles. The van der Waals surface area contributed by atoms with Gasteiger partial charge in [-0.3, -0.25) is 4.79 Å². The molecule has 0 heterocycles. The third-order valence-corrected chi connectivity index (χ3v) is 8.23. The fraction of sp³-hybridized carbons (Fsp3) is 0.435. The number of carboxylic acid groups (broad SMARTS) is 1. The molecule has 11 heteroatoms. The number of sulfonamides is 1. The van der Waals surface area contributed by atoms with Crippen LogP contribution in [-0.4, -0.2) is 50.0 Å². The zero-order chi connectivity index (χ0) is 25.4. The molecule has 186 valence electrons. The molecule has 2 atom stereocenters. The SMILES string of the molecule is CCN([C@@H](C)CN(C)c1ccc(C(F)(F)F)c(F)c1)S(=O)(=O)c1ccc2c(c1)C(C(=O)O)CC2. The Labute approximate surface area is 195 Å². The predicted molar refractivity (Wildman–Crippen MR) is 119 cm³/mol. The van der Waals surface area contributed by atoms with Crippen molar-refractivity contribution < 1.29 is 35.9 Å². The molecule has 0 saturated carbocycles. The minimum Gasteiger partial charge on any atom is -0.481 e. The van der Waals surface area contributed by atoms with Gasteiger partial charge in [0.15, 0.2) is 0 Å². The number of nitrogens with zero attached hydrogens (tertiary/aromatic N) is 2. The summed E-state index contributed by atoms with van der Waals surface area (Å²) in [6, 6.07) is 6.46. The van der Waals surface area contributed by atoms with Gasteiger partial charge in [0, 0.05) is 31.9 Å². The number of halogens is 4. The fourth-order valence-electron chi connectivity index (χ4n) is 4.42. The highest BCUT2D eigenvalue weighted by atomic mass is 32.2. The molecule has 2 aromatic rings. The van der Waals surface area contributed by atoms with E-state index in [0.29, 0.717) is 24.5 Å². The molecule has 1 aliphatic rings. The second-order valence-electron chi connectivity index (χ2n) is 8.39. The minimum absolute atomic E-state index is 0.0173. The highest BCUT2D eigenvalue weighted by Crippen LogP contribution is 2.36. The first-order valence-electron chi connectivity index (χ1n) is 10.7. The van der Waals surface area contributed by atoms with Crippen LogP contribution in [-0.2, 0) is 27.4 Å². The van der Waals surface area contributed by atoms with E-state index >= 15 is 0 Å². The maximum Gasteiger partial charge on any atom is 0.419 e. The Hall–Kier alpha value is -2.66. The van der Waals surface area contributed by atoms with Gasteiger partial charge in [-0.05, 0) is 61.2 Å². The fourth-order valence-corrected chi connectivity index (χ4v) is 6.08. The first kappa shape index (κ1) is 26.0. The maximum absolute atomic E-state index is 14.0. The summed E-state index contributed by atoms with van der Waals surface area (Å²) in [5.74, 6) is -3.16. The lowest BCUT2D eigenvalue weighted by molar-refractivity contribution is -0.140. The highest BCUT2D eigenvalue weighted by molar-refractivity contribution is 7.89. The van der Waals surface area contributed by atoms with Gasteiger partial charge in [0.05, 0.1) is 16.4 Å². The zero-order valence-corrected chi connectivity index (χ0v) is 19.8. The molecule has 0 bridgehead atoms. The van der Waals surface area contributed by atoms with Crippen molar-refractivity contribution in [2.24, 2.45) is 0 Å². The van der Waals surface area contributed by atoms with E-state index in [9.17, 15) is 35.9 Å². The van der Waals surface area contributed by atoms with Crippen LogP contribution in [0.4, 0.5) is 23.2 Å². The van der Waals surface area contributed by atoms with E-state index in [2.05, 4.69) is 0 Å². The van der Waals surface area contributed by atoms with Crippen molar-refractivity contribution >= 4 is 21.7 Å². The number of carboxylic acids is 1. The molecule has 0 fully saturated rings. The third-order valence-electron chi connectivity index (χ3n) is 6.14. The number of rotatable bonds is 8. The number of aliphatic carboxylic acids is 1. The number of hydrogen-bond donors (Lipinski definition) is 1. The normalized spacial score (nSPS) is 17.0. The van der Waals surface area contributed by atoms with Crippen LogP contribution in [0.5, 0.6) is 0 Å². The Bertz CT molecular complexity index is 1180. The molecule has 0 aliphatic heterocycles. The molecular weight excluding hydrogens is 476 g/mol. The zero-order valence-electron chi connectivity index (χ0n) is 18.9. The third kappa shape index (κ3) is 5.05. The standard InChI is InChI=1S/C23H26F4N2O4S/c1-4-29(14(2)13-28(3)16-7-10-20(21(24)11-16)23(25,26)27)34(32,33)17-8-5-15-6-9-18(22(30)31)19(15)12-17/h5,7-8,10-12,14,18H,4,6,9,13H2,1-3H3,(H,30,31)/t14-,18?/m0/s1. The smallest absolute Gasteiger partial charge is 0.419 e. The summed E-state index contributed by atoms with van der Waals surface area (Å²) in [7, 11) is -2.46. The summed E-state index contributed by atoms with van der Waals surface area (Å²) in [5, 5.41) is 9.43. The molecule has 0 spiro atoms. The second kappa shape index (κ2) is 9.53. The number of anilines is 1. The van der Waals surface area contributed by atoms with Gasteiger partial charge in [-0.25, -0.2) is 12.8 Å². The van der Waals surface area contributed by atoms with E-state index in [1.165, 1.54) is 28.4 Å². The van der Waals surface area contributed by atoms with Crippen molar-refractivity contribution in [1.29, 1.82) is 0 Å². The molecule has 0 amide bonds. The van der Waals surface area contributed by atoms with Crippen LogP contribution in [0, 0.1) is 5.82 Å². The Morgan fingerprint density at radius 1 is 1.21 bits per heavy atom. The number of benzene rings is 2. The van der Waals surface area contributed by atoms with Crippen molar-refractivity contribution in [2.75, 3.05) is 25.0 Å². The lowest BCUT2D eigenvalue weighted by Crippen LogP contribution is -2.44. The van der Waals surface area contributed by atoms with Crippen LogP contribution < -0.4 is 4.90 Å². The average molecular weight is 503 g/mol. The number of alkyl halides is 3. The average Bonchev–Trinajstić information content (AvgIpc) is 3.16. The maximum atomic E-state index is 14.0. The molecule has 1 unspecified atom stereocenters. The van der Waals surface area contributed by atoms with E-state index in [0.717, 1.165) is 17.7 Å². The largest absolute Gasteiger partial charge is 0.481 e. The summed E-state index contributed by atoms with van der Waals surface area (Å²) < 4.78 is 80.5. The van der Waals surface area contributed by atoms with Gasteiger partial charge in [-0.15, -0.1) is 0 Å². The quantitative estimate of drug-likeness (QED) is 0.538. The van der Waals surface area contributed by atoms with Crippen LogP contribution in [0.25, 0.3) is 0 Å². The van der Waals surface area contributed by atoms with Crippen molar-refractivity contribution in [3.05, 3.63) is 58.9 Å². The molecular formula is C23H26F4N2O4S. The Morgan fingerprint density at radius 2 is 1.88 bits per heavy atom. The predicted octanol–water partition coefficient (Wildman–Crippen LogP) is 4.49. The van der Waals surface area contributed by atoms with Gasteiger partial charge in [-0.2, -0.15) is 17.5 Å². The van der Waals surface area contributed by atoms with Crippen molar-refractivity contribution in [2.45, 2.75) is 49.7 Å². The van der Waals surface area contributed by atoms with E-state index in [-0.39, 0.29) is 23.7 Å². The van der Waals surface area contributed by atoms with Crippen molar-refractivity contribution in [3.8, 4) is 0 Å². The number of likely N-dealkylation sites (N-methyl/N-ethyl adjacent to an activating group) is 2. The van der Waals surface area contributed by atoms with Crippen molar-refractivity contribution in [1.82, 2.24) is 4.31 Å². The molecule has 2 aromatic carbocycles. The summed E-state index contributed by atoms with van der Waals surface area (Å²) in [4.78, 5) is 13.0. The molecule has 0 aromatic heterocycles. The monoisotopic (exact) mass is 502 g/mol. The van der Waals surface area contributed by atoms with E-state index in [4.69, 9.17) is 0 Å². The van der Waals surface area contributed by atoms with Gasteiger partial charge >= 0.3 is 12.1 Å². The topological polar surface area (TPSA) is 77.9 Å². The van der Waals surface area contributed by atoms with Crippen LogP contribution in [0.3, 0.4) is 0 Å². The van der Waals surface area contributed by atoms with Gasteiger partial charge in [0.25, 0.3) is 0 Å². The minimum atomic E-state index is -4.81. The molecule has 0 saturated heterocycles. The Kier molecular flexibility index (Phi) is 7.28. The van der Waals surface area contributed by atoms with Gasteiger partial charge in [-0.1, -0.05) is 13.0 Å². The summed E-state index contributed by atoms with van der Waals surface area (Å²) >= 11 is 0. The summed E-state index contributed by atoms with van der Waals surface area (Å²) in [6.45, 7) is 3.49. The van der Waals surface area contributed by atoms with Crippen LogP contribution in [0.2, 0.25) is 0 Å². The van der Waals surface area contributed by atoms with Crippen LogP contribution in [0.15, 0.2) is 41.3 Å². The van der Waals surface area contributed by atoms with Crippen LogP contribution in [0.1, 0.15) is 42.9 Å². The number of fused-ring (bicyclic) bond motifs is 1. The Morgan fingerprint density at radius 3 is 2.44 bits per heavy atom. The number of carbonyl (C=O) groups is 1. The molecule has 6 nitrogen and oxygen atoms in total. The highest BCUT2D eigenvalue weighted by Gasteiger charge is 2.35. The molecule has 1 N–H and O–H groups in total. The first-order valence-corrected chi connectivity index (χ1v) is 12.2. The lowest BCUT2D eigenvalue weighted by Gasteiger charge is -2.31. The molecule has 3 rings (SSSR count). The molecule has 34 heavy (non-hydrogen) atoms. The van der Waals surface area contributed by atoms with Crippen molar-refractivity contribution in [3.63, 3.8) is 0 Å². The number of hydrogen-bond acceptors (Lipinski definition) is 4. The summed E-state index contributed by atoms with van der Waals surface area (Å²) in [5.41, 5.74) is 0.112.